The maximum atomic E-state index is 12.7. The predicted molar refractivity (Wildman–Crippen MR) is 106 cm³/mol. The van der Waals surface area contributed by atoms with Crippen LogP contribution in [0.4, 0.5) is 0 Å². The van der Waals surface area contributed by atoms with Gasteiger partial charge in [0, 0.05) is 17.5 Å². The summed E-state index contributed by atoms with van der Waals surface area (Å²) in [5.41, 5.74) is 0. The number of amides is 2. The Bertz CT molecular complexity index is 769. The Hall–Kier alpha value is -2.12. The highest BCUT2D eigenvalue weighted by Crippen LogP contribution is 2.36. The summed E-state index contributed by atoms with van der Waals surface area (Å²) in [6, 6.07) is 7.87. The van der Waals surface area contributed by atoms with Crippen molar-refractivity contribution in [3.63, 3.8) is 0 Å². The molecular formula is C20H27N3O3S. The zero-order valence-corrected chi connectivity index (χ0v) is 16.9. The lowest BCUT2D eigenvalue weighted by Crippen LogP contribution is -2.40. The van der Waals surface area contributed by atoms with Gasteiger partial charge in [-0.1, -0.05) is 0 Å². The van der Waals surface area contributed by atoms with E-state index in [0.29, 0.717) is 24.0 Å². The van der Waals surface area contributed by atoms with E-state index < -0.39 is 0 Å². The molecule has 1 atom stereocenters. The van der Waals surface area contributed by atoms with Crippen molar-refractivity contribution >= 4 is 23.2 Å². The molecular weight excluding hydrogens is 362 g/mol. The molecule has 0 aromatic carbocycles. The van der Waals surface area contributed by atoms with E-state index in [9.17, 15) is 9.59 Å². The van der Waals surface area contributed by atoms with Crippen LogP contribution in [0, 0.1) is 0 Å². The Morgan fingerprint density at radius 1 is 1.37 bits per heavy atom. The second-order valence-electron chi connectivity index (χ2n) is 7.22. The zero-order valence-electron chi connectivity index (χ0n) is 16.1. The molecule has 146 valence electrons. The monoisotopic (exact) mass is 389 g/mol. The number of likely N-dealkylation sites (tertiary alicyclic amines) is 1. The van der Waals surface area contributed by atoms with Gasteiger partial charge < -0.3 is 14.6 Å². The molecule has 0 spiro atoms. The van der Waals surface area contributed by atoms with Gasteiger partial charge in [0.05, 0.1) is 30.3 Å². The summed E-state index contributed by atoms with van der Waals surface area (Å²) in [5.74, 6) is 0.769. The van der Waals surface area contributed by atoms with E-state index >= 15 is 0 Å². The molecule has 2 aromatic rings. The van der Waals surface area contributed by atoms with Crippen molar-refractivity contribution in [3.05, 3.63) is 46.0 Å². The smallest absolute Gasteiger partial charge is 0.261 e. The first-order valence-electron chi connectivity index (χ1n) is 9.35. The fourth-order valence-electron chi connectivity index (χ4n) is 3.17. The van der Waals surface area contributed by atoms with Crippen LogP contribution in [0.3, 0.4) is 0 Å². The summed E-state index contributed by atoms with van der Waals surface area (Å²) >= 11 is 1.47. The first-order valence-corrected chi connectivity index (χ1v) is 10.2. The van der Waals surface area contributed by atoms with E-state index in [1.165, 1.54) is 11.3 Å². The standard InChI is InChI=1S/C20H27N3O3S/c1-14(2)22(3)13-19(24)23-10-4-7-16(23)17-8-9-18(27-17)20(25)21-12-15-6-5-11-26-15/h5-6,8-9,11,14,16H,4,7,10,12-13H2,1-3H3,(H,21,25)/t16-/m0/s1. The van der Waals surface area contributed by atoms with Gasteiger partial charge in [0.25, 0.3) is 5.91 Å². The summed E-state index contributed by atoms with van der Waals surface area (Å²) in [6.45, 7) is 5.75. The first kappa shape index (κ1) is 19.6. The molecule has 1 aliphatic heterocycles. The summed E-state index contributed by atoms with van der Waals surface area (Å²) in [7, 11) is 1.97. The number of nitrogens with zero attached hydrogens (tertiary/aromatic N) is 2. The zero-order chi connectivity index (χ0) is 19.4. The van der Waals surface area contributed by atoms with Gasteiger partial charge in [-0.25, -0.2) is 0 Å². The number of thiophene rings is 1. The molecule has 3 rings (SSSR count). The number of carbonyl (C=O) groups excluding carboxylic acids is 2. The van der Waals surface area contributed by atoms with Crippen LogP contribution in [0.15, 0.2) is 34.9 Å². The van der Waals surface area contributed by atoms with Crippen LogP contribution in [-0.2, 0) is 11.3 Å². The van der Waals surface area contributed by atoms with E-state index in [-0.39, 0.29) is 17.9 Å². The minimum absolute atomic E-state index is 0.0784. The van der Waals surface area contributed by atoms with E-state index in [2.05, 4.69) is 24.1 Å². The topological polar surface area (TPSA) is 65.8 Å². The maximum Gasteiger partial charge on any atom is 0.261 e. The molecule has 2 amide bonds. The first-order chi connectivity index (χ1) is 13.0. The van der Waals surface area contributed by atoms with Crippen LogP contribution in [0.1, 0.15) is 53.0 Å². The van der Waals surface area contributed by atoms with Gasteiger partial charge in [-0.05, 0) is 58.0 Å². The number of carbonyl (C=O) groups is 2. The lowest BCUT2D eigenvalue weighted by molar-refractivity contribution is -0.133. The summed E-state index contributed by atoms with van der Waals surface area (Å²) in [4.78, 5) is 30.9. The molecule has 0 aliphatic carbocycles. The van der Waals surface area contributed by atoms with Crippen molar-refractivity contribution in [1.29, 1.82) is 0 Å². The van der Waals surface area contributed by atoms with Gasteiger partial charge >= 0.3 is 0 Å². The van der Waals surface area contributed by atoms with Crippen LogP contribution in [-0.4, -0.2) is 47.8 Å². The molecule has 0 radical (unpaired) electrons. The van der Waals surface area contributed by atoms with Crippen LogP contribution in [0.5, 0.6) is 0 Å². The number of hydrogen-bond acceptors (Lipinski definition) is 5. The highest BCUT2D eigenvalue weighted by Gasteiger charge is 2.31. The third-order valence-electron chi connectivity index (χ3n) is 5.02. The minimum atomic E-state index is -0.113. The van der Waals surface area contributed by atoms with Gasteiger partial charge in [-0.15, -0.1) is 11.3 Å². The minimum Gasteiger partial charge on any atom is -0.467 e. The average Bonchev–Trinajstić information content (AvgIpc) is 3.40. The van der Waals surface area contributed by atoms with E-state index in [4.69, 9.17) is 4.42 Å². The normalized spacial score (nSPS) is 17.1. The molecule has 1 N–H and O–H groups in total. The number of rotatable bonds is 7. The van der Waals surface area contributed by atoms with Gasteiger partial charge in [0.2, 0.25) is 5.91 Å². The largest absolute Gasteiger partial charge is 0.467 e. The summed E-state index contributed by atoms with van der Waals surface area (Å²) < 4.78 is 5.24. The Balaban J connectivity index is 1.62. The fraction of sp³-hybridized carbons (Fsp3) is 0.500. The Kier molecular flexibility index (Phi) is 6.34. The third kappa shape index (κ3) is 4.78. The molecule has 27 heavy (non-hydrogen) atoms. The number of hydrogen-bond donors (Lipinski definition) is 1. The van der Waals surface area contributed by atoms with Crippen LogP contribution in [0.25, 0.3) is 0 Å². The highest BCUT2D eigenvalue weighted by atomic mass is 32.1. The van der Waals surface area contributed by atoms with E-state index in [0.717, 1.165) is 30.0 Å². The molecule has 6 nitrogen and oxygen atoms in total. The van der Waals surface area contributed by atoms with Gasteiger partial charge in [-0.2, -0.15) is 0 Å². The molecule has 0 bridgehead atoms. The predicted octanol–water partition coefficient (Wildman–Crippen LogP) is 3.27. The summed E-state index contributed by atoms with van der Waals surface area (Å²) in [5, 5.41) is 2.87. The third-order valence-corrected chi connectivity index (χ3v) is 6.21. The van der Waals surface area contributed by atoms with Crippen LogP contribution in [0.2, 0.25) is 0 Å². The molecule has 0 saturated carbocycles. The van der Waals surface area contributed by atoms with Crippen LogP contribution >= 0.6 is 11.3 Å². The van der Waals surface area contributed by atoms with Crippen molar-refractivity contribution < 1.29 is 14.0 Å². The quantitative estimate of drug-likeness (QED) is 0.789. The second-order valence-corrected chi connectivity index (χ2v) is 8.33. The molecule has 2 aromatic heterocycles. The highest BCUT2D eigenvalue weighted by molar-refractivity contribution is 7.14. The molecule has 1 fully saturated rings. The molecule has 0 unspecified atom stereocenters. The van der Waals surface area contributed by atoms with Crippen molar-refractivity contribution in [1.82, 2.24) is 15.1 Å². The van der Waals surface area contributed by atoms with Crippen molar-refractivity contribution in [3.8, 4) is 0 Å². The van der Waals surface area contributed by atoms with Gasteiger partial charge in [0.15, 0.2) is 0 Å². The van der Waals surface area contributed by atoms with Crippen molar-refractivity contribution in [2.24, 2.45) is 0 Å². The number of furan rings is 1. The fourth-order valence-corrected chi connectivity index (χ4v) is 4.24. The number of likely N-dealkylation sites (N-methyl/N-ethyl adjacent to an activating group) is 1. The van der Waals surface area contributed by atoms with Crippen LogP contribution < -0.4 is 5.32 Å². The van der Waals surface area contributed by atoms with Crippen molar-refractivity contribution in [2.75, 3.05) is 20.1 Å². The molecule has 1 saturated heterocycles. The SMILES string of the molecule is CC(C)N(C)CC(=O)N1CCC[C@H]1c1ccc(C(=O)NCc2ccco2)s1. The average molecular weight is 390 g/mol. The second kappa shape index (κ2) is 8.71. The van der Waals surface area contributed by atoms with E-state index in [1.54, 1.807) is 12.3 Å². The summed E-state index contributed by atoms with van der Waals surface area (Å²) in [6.07, 6.45) is 3.54. The van der Waals surface area contributed by atoms with Gasteiger partial charge in [-0.3, -0.25) is 14.5 Å². The lowest BCUT2D eigenvalue weighted by atomic mass is 10.2. The Labute approximate surface area is 164 Å². The number of nitrogens with one attached hydrogen (secondary N) is 1. The lowest BCUT2D eigenvalue weighted by Gasteiger charge is -2.28. The van der Waals surface area contributed by atoms with Gasteiger partial charge in [0.1, 0.15) is 5.76 Å². The molecule has 1 aliphatic rings. The van der Waals surface area contributed by atoms with Crippen molar-refractivity contribution in [2.45, 2.75) is 45.3 Å². The molecule has 7 heteroatoms. The maximum absolute atomic E-state index is 12.7. The Morgan fingerprint density at radius 2 is 2.19 bits per heavy atom. The molecule has 3 heterocycles. The Morgan fingerprint density at radius 3 is 2.89 bits per heavy atom. The van der Waals surface area contributed by atoms with E-state index in [1.807, 2.05) is 30.1 Å².